The van der Waals surface area contributed by atoms with Crippen molar-refractivity contribution in [1.82, 2.24) is 14.5 Å². The zero-order chi connectivity index (χ0) is 18.4. The predicted molar refractivity (Wildman–Crippen MR) is 89.3 cm³/mol. The maximum Gasteiger partial charge on any atom is 0.248 e. The summed E-state index contributed by atoms with van der Waals surface area (Å²) in [6.45, 7) is 1.46. The number of hydrogen-bond donors (Lipinski definition) is 2. The molecule has 0 unspecified atom stereocenters. The number of benzene rings is 1. The molecule has 3 rings (SSSR count). The number of halogens is 1. The first-order chi connectivity index (χ1) is 11.7. The van der Waals surface area contributed by atoms with E-state index in [0.717, 1.165) is 0 Å². The highest BCUT2D eigenvalue weighted by atomic mass is 35.5. The number of nitrogens with zero attached hydrogens (tertiary/aromatic N) is 2. The smallest absolute Gasteiger partial charge is 0.248 e. The highest BCUT2D eigenvalue weighted by molar-refractivity contribution is 7.89. The van der Waals surface area contributed by atoms with Crippen LogP contribution in [0.4, 0.5) is 0 Å². The Bertz CT molecular complexity index is 796. The molecular formula is C15H18ClN3O5S. The fourth-order valence-electron chi connectivity index (χ4n) is 3.04. The second-order valence-electron chi connectivity index (χ2n) is 6.09. The van der Waals surface area contributed by atoms with Gasteiger partial charge in [-0.25, -0.2) is 8.42 Å². The van der Waals surface area contributed by atoms with Crippen LogP contribution in [0.5, 0.6) is 0 Å². The van der Waals surface area contributed by atoms with Crippen LogP contribution < -0.4 is 5.32 Å². The van der Waals surface area contributed by atoms with Crippen LogP contribution in [0.15, 0.2) is 29.2 Å². The molecule has 136 valence electrons. The molecule has 1 aromatic rings. The average molecular weight is 388 g/mol. The van der Waals surface area contributed by atoms with E-state index < -0.39 is 40.0 Å². The fraction of sp³-hybridized carbons (Fsp3) is 0.467. The third-order valence-corrected chi connectivity index (χ3v) is 6.56. The number of fused-ring (bicyclic) bond motifs is 1. The van der Waals surface area contributed by atoms with Gasteiger partial charge in [0.1, 0.15) is 12.1 Å². The second kappa shape index (κ2) is 6.56. The van der Waals surface area contributed by atoms with Gasteiger partial charge in [-0.1, -0.05) is 11.6 Å². The van der Waals surface area contributed by atoms with Gasteiger partial charge in [-0.05, 0) is 31.2 Å². The first-order valence-electron chi connectivity index (χ1n) is 7.76. The summed E-state index contributed by atoms with van der Waals surface area (Å²) in [5.74, 6) is -0.871. The van der Waals surface area contributed by atoms with E-state index in [2.05, 4.69) is 5.32 Å². The lowest BCUT2D eigenvalue weighted by Crippen LogP contribution is -2.71. The van der Waals surface area contributed by atoms with E-state index in [9.17, 15) is 23.1 Å². The van der Waals surface area contributed by atoms with Crippen molar-refractivity contribution in [1.29, 1.82) is 0 Å². The molecule has 3 atom stereocenters. The molecule has 2 amide bonds. The van der Waals surface area contributed by atoms with Crippen LogP contribution in [0.2, 0.25) is 5.02 Å². The first kappa shape index (κ1) is 18.1. The molecule has 0 aliphatic carbocycles. The Kier molecular flexibility index (Phi) is 4.76. The van der Waals surface area contributed by atoms with Crippen molar-refractivity contribution in [3.05, 3.63) is 29.3 Å². The number of aliphatic hydroxyl groups is 1. The Labute approximate surface area is 150 Å². The molecule has 0 radical (unpaired) electrons. The highest BCUT2D eigenvalue weighted by Gasteiger charge is 2.46. The molecule has 0 bridgehead atoms. The minimum atomic E-state index is -3.79. The number of nitrogens with one attached hydrogen (secondary N) is 1. The van der Waals surface area contributed by atoms with Gasteiger partial charge < -0.3 is 15.3 Å². The Morgan fingerprint density at radius 2 is 1.88 bits per heavy atom. The van der Waals surface area contributed by atoms with Gasteiger partial charge in [0, 0.05) is 24.7 Å². The highest BCUT2D eigenvalue weighted by Crippen LogP contribution is 2.24. The lowest BCUT2D eigenvalue weighted by Gasteiger charge is -2.45. The molecule has 1 aromatic carbocycles. The van der Waals surface area contributed by atoms with Crippen LogP contribution >= 0.6 is 11.6 Å². The van der Waals surface area contributed by atoms with Gasteiger partial charge in [0.05, 0.1) is 11.0 Å². The van der Waals surface area contributed by atoms with Crippen molar-refractivity contribution in [2.75, 3.05) is 19.6 Å². The summed E-state index contributed by atoms with van der Waals surface area (Å²) in [7, 11) is -3.79. The van der Waals surface area contributed by atoms with Crippen molar-refractivity contribution < 1.29 is 23.1 Å². The van der Waals surface area contributed by atoms with Gasteiger partial charge in [-0.15, -0.1) is 0 Å². The lowest BCUT2D eigenvalue weighted by atomic mass is 10.0. The van der Waals surface area contributed by atoms with Crippen LogP contribution in [-0.2, 0) is 19.6 Å². The number of carbonyl (C=O) groups excluding carboxylic acids is 2. The van der Waals surface area contributed by atoms with Crippen molar-refractivity contribution in [3.8, 4) is 0 Å². The number of piperazine rings is 2. The molecule has 0 spiro atoms. The van der Waals surface area contributed by atoms with E-state index in [1.54, 1.807) is 0 Å². The zero-order valence-corrected chi connectivity index (χ0v) is 15.0. The third-order valence-electron chi connectivity index (χ3n) is 4.43. The lowest BCUT2D eigenvalue weighted by molar-refractivity contribution is -0.154. The molecule has 8 nitrogen and oxygen atoms in total. The van der Waals surface area contributed by atoms with Crippen molar-refractivity contribution in [2.45, 2.75) is 30.0 Å². The standard InChI is InChI=1S/C15H18ClN3O5S/c1-9(20)13-15(22)19-7-6-18(8-12(19)14(21)17-13)25(23,24)11-4-2-10(16)3-5-11/h2-5,9,12-13,20H,6-8H2,1H3,(H,17,21)/t9-,12-,13+/m1/s1. The van der Waals surface area contributed by atoms with E-state index in [4.69, 9.17) is 11.6 Å². The van der Waals surface area contributed by atoms with Crippen LogP contribution in [0.25, 0.3) is 0 Å². The molecule has 2 aliphatic rings. The van der Waals surface area contributed by atoms with E-state index in [1.165, 1.54) is 40.4 Å². The number of sulfonamides is 1. The minimum Gasteiger partial charge on any atom is -0.391 e. The number of hydrogen-bond acceptors (Lipinski definition) is 5. The van der Waals surface area contributed by atoms with E-state index >= 15 is 0 Å². The molecule has 2 saturated heterocycles. The fourth-order valence-corrected chi connectivity index (χ4v) is 4.60. The number of carbonyl (C=O) groups is 2. The number of amides is 2. The van der Waals surface area contributed by atoms with E-state index in [-0.39, 0.29) is 24.5 Å². The molecular weight excluding hydrogens is 370 g/mol. The van der Waals surface area contributed by atoms with Gasteiger partial charge >= 0.3 is 0 Å². The average Bonchev–Trinajstić information content (AvgIpc) is 2.57. The Morgan fingerprint density at radius 1 is 1.24 bits per heavy atom. The maximum absolute atomic E-state index is 12.7. The van der Waals surface area contributed by atoms with Gasteiger partial charge in [0.15, 0.2) is 0 Å². The predicted octanol–water partition coefficient (Wildman–Crippen LogP) is -0.579. The Balaban J connectivity index is 1.82. The van der Waals surface area contributed by atoms with Crippen molar-refractivity contribution in [3.63, 3.8) is 0 Å². The number of aliphatic hydroxyl groups excluding tert-OH is 1. The Hall–Kier alpha value is -1.68. The number of rotatable bonds is 3. The minimum absolute atomic E-state index is 0.0764. The summed E-state index contributed by atoms with van der Waals surface area (Å²) >= 11 is 5.79. The summed E-state index contributed by atoms with van der Waals surface area (Å²) in [6, 6.07) is 3.87. The zero-order valence-electron chi connectivity index (χ0n) is 13.4. The van der Waals surface area contributed by atoms with Gasteiger partial charge in [-0.2, -0.15) is 4.31 Å². The third kappa shape index (κ3) is 3.24. The summed E-state index contributed by atoms with van der Waals surface area (Å²) < 4.78 is 26.7. The first-order valence-corrected chi connectivity index (χ1v) is 9.58. The summed E-state index contributed by atoms with van der Waals surface area (Å²) in [4.78, 5) is 26.1. The van der Waals surface area contributed by atoms with Crippen molar-refractivity contribution >= 4 is 33.4 Å². The molecule has 2 fully saturated rings. The second-order valence-corrected chi connectivity index (χ2v) is 8.47. The Morgan fingerprint density at radius 3 is 2.48 bits per heavy atom. The molecule has 2 N–H and O–H groups in total. The van der Waals surface area contributed by atoms with Crippen molar-refractivity contribution in [2.24, 2.45) is 0 Å². The van der Waals surface area contributed by atoms with Crippen LogP contribution in [0.1, 0.15) is 6.92 Å². The van der Waals surface area contributed by atoms with Gasteiger partial charge in [-0.3, -0.25) is 9.59 Å². The molecule has 0 aromatic heterocycles. The van der Waals surface area contributed by atoms with E-state index in [1.807, 2.05) is 0 Å². The SMILES string of the molecule is C[C@@H](O)[C@@H]1NC(=O)[C@H]2CN(S(=O)(=O)c3ccc(Cl)cc3)CCN2C1=O. The maximum atomic E-state index is 12.7. The molecule has 0 saturated carbocycles. The largest absolute Gasteiger partial charge is 0.391 e. The quantitative estimate of drug-likeness (QED) is 0.721. The summed E-state index contributed by atoms with van der Waals surface area (Å²) in [5, 5.41) is 12.5. The topological polar surface area (TPSA) is 107 Å². The molecule has 2 heterocycles. The van der Waals surface area contributed by atoms with Crippen LogP contribution in [0.3, 0.4) is 0 Å². The monoisotopic (exact) mass is 387 g/mol. The van der Waals surface area contributed by atoms with Gasteiger partial charge in [0.25, 0.3) is 0 Å². The van der Waals surface area contributed by atoms with Crippen LogP contribution in [-0.4, -0.2) is 72.4 Å². The molecule has 2 aliphatic heterocycles. The molecule has 25 heavy (non-hydrogen) atoms. The normalized spacial score (nSPS) is 26.1. The summed E-state index contributed by atoms with van der Waals surface area (Å²) in [5.41, 5.74) is 0. The van der Waals surface area contributed by atoms with E-state index in [0.29, 0.717) is 5.02 Å². The summed E-state index contributed by atoms with van der Waals surface area (Å²) in [6.07, 6.45) is -1.02. The molecule has 10 heteroatoms. The van der Waals surface area contributed by atoms with Crippen LogP contribution in [0, 0.1) is 0 Å². The van der Waals surface area contributed by atoms with Gasteiger partial charge in [0.2, 0.25) is 21.8 Å².